The van der Waals surface area contributed by atoms with Crippen LogP contribution < -0.4 is 5.32 Å². The number of hydrogen-bond donors (Lipinski definition) is 1. The highest BCUT2D eigenvalue weighted by molar-refractivity contribution is 7.91. The van der Waals surface area contributed by atoms with Crippen LogP contribution in [0.4, 0.5) is 0 Å². The van der Waals surface area contributed by atoms with Crippen LogP contribution in [0.5, 0.6) is 0 Å². The van der Waals surface area contributed by atoms with Gasteiger partial charge in [0.25, 0.3) is 5.91 Å². The molecule has 0 unspecified atom stereocenters. The first-order valence-electron chi connectivity index (χ1n) is 8.42. The van der Waals surface area contributed by atoms with Crippen LogP contribution in [0.2, 0.25) is 0 Å². The van der Waals surface area contributed by atoms with Gasteiger partial charge >= 0.3 is 0 Å². The van der Waals surface area contributed by atoms with E-state index in [1.807, 2.05) is 31.4 Å². The Kier molecular flexibility index (Phi) is 5.72. The van der Waals surface area contributed by atoms with E-state index in [1.54, 1.807) is 36.5 Å². The van der Waals surface area contributed by atoms with Crippen LogP contribution in [0, 0.1) is 13.8 Å². The fourth-order valence-electron chi connectivity index (χ4n) is 2.68. The molecule has 27 heavy (non-hydrogen) atoms. The zero-order valence-corrected chi connectivity index (χ0v) is 16.7. The molecule has 1 amide bonds. The lowest BCUT2D eigenvalue weighted by atomic mass is 10.1. The SMILES string of the molecule is Cc1ccc(S(=O)(=O)[C@H](CNC(=O)c2cccnc2)c2cccs2)cc1C. The van der Waals surface area contributed by atoms with Crippen LogP contribution in [-0.2, 0) is 9.84 Å². The first-order valence-corrected chi connectivity index (χ1v) is 10.8. The van der Waals surface area contributed by atoms with E-state index >= 15 is 0 Å². The molecule has 7 heteroatoms. The Morgan fingerprint density at radius 2 is 1.96 bits per heavy atom. The third kappa shape index (κ3) is 4.26. The predicted molar refractivity (Wildman–Crippen MR) is 107 cm³/mol. The van der Waals surface area contributed by atoms with Gasteiger partial charge in [0.05, 0.1) is 10.5 Å². The molecule has 0 radical (unpaired) electrons. The third-order valence-electron chi connectivity index (χ3n) is 4.41. The zero-order chi connectivity index (χ0) is 19.4. The van der Waals surface area contributed by atoms with Crippen molar-refractivity contribution in [3.05, 3.63) is 81.8 Å². The van der Waals surface area contributed by atoms with Gasteiger partial charge in [-0.25, -0.2) is 8.42 Å². The average Bonchev–Trinajstić information content (AvgIpc) is 3.18. The summed E-state index contributed by atoms with van der Waals surface area (Å²) in [6.07, 6.45) is 3.03. The zero-order valence-electron chi connectivity index (χ0n) is 15.0. The molecule has 0 saturated heterocycles. The number of pyridine rings is 1. The highest BCUT2D eigenvalue weighted by Gasteiger charge is 2.30. The summed E-state index contributed by atoms with van der Waals surface area (Å²) in [6, 6.07) is 12.0. The average molecular weight is 401 g/mol. The van der Waals surface area contributed by atoms with Crippen LogP contribution >= 0.6 is 11.3 Å². The molecular weight excluding hydrogens is 380 g/mol. The van der Waals surface area contributed by atoms with Crippen molar-refractivity contribution < 1.29 is 13.2 Å². The fourth-order valence-corrected chi connectivity index (χ4v) is 5.55. The highest BCUT2D eigenvalue weighted by Crippen LogP contribution is 2.32. The van der Waals surface area contributed by atoms with E-state index in [1.165, 1.54) is 17.5 Å². The molecule has 0 aliphatic carbocycles. The Labute approximate surface area is 163 Å². The van der Waals surface area contributed by atoms with E-state index in [9.17, 15) is 13.2 Å². The van der Waals surface area contributed by atoms with Gasteiger partial charge in [-0.2, -0.15) is 0 Å². The lowest BCUT2D eigenvalue weighted by Gasteiger charge is -2.18. The quantitative estimate of drug-likeness (QED) is 0.684. The van der Waals surface area contributed by atoms with Gasteiger partial charge in [-0.15, -0.1) is 11.3 Å². The number of benzene rings is 1. The summed E-state index contributed by atoms with van der Waals surface area (Å²) in [4.78, 5) is 17.2. The summed E-state index contributed by atoms with van der Waals surface area (Å²) < 4.78 is 26.6. The molecule has 5 nitrogen and oxygen atoms in total. The molecule has 2 heterocycles. The summed E-state index contributed by atoms with van der Waals surface area (Å²) in [5, 5.41) is 3.73. The number of thiophene rings is 1. The van der Waals surface area contributed by atoms with Gasteiger partial charge in [0.1, 0.15) is 5.25 Å². The second-order valence-electron chi connectivity index (χ2n) is 6.25. The molecular formula is C20H20N2O3S2. The standard InChI is InChI=1S/C20H20N2O3S2/c1-14-7-8-17(11-15(14)2)27(24,25)19(18-6-4-10-26-18)13-22-20(23)16-5-3-9-21-12-16/h3-12,19H,13H2,1-2H3,(H,22,23)/t19-/m1/s1. The Hall–Kier alpha value is -2.51. The van der Waals surface area contributed by atoms with Crippen molar-refractivity contribution in [3.63, 3.8) is 0 Å². The molecule has 2 aromatic heterocycles. The van der Waals surface area contributed by atoms with Gasteiger partial charge in [0, 0.05) is 23.8 Å². The Balaban J connectivity index is 1.90. The number of carbonyl (C=O) groups excluding carboxylic acids is 1. The summed E-state index contributed by atoms with van der Waals surface area (Å²) in [5.41, 5.74) is 2.35. The monoisotopic (exact) mass is 400 g/mol. The van der Waals surface area contributed by atoms with E-state index in [4.69, 9.17) is 0 Å². The number of aromatic nitrogens is 1. The molecule has 0 aliphatic rings. The van der Waals surface area contributed by atoms with Crippen molar-refractivity contribution in [2.45, 2.75) is 24.0 Å². The first-order chi connectivity index (χ1) is 12.9. The van der Waals surface area contributed by atoms with Crippen LogP contribution in [0.3, 0.4) is 0 Å². The maximum absolute atomic E-state index is 13.3. The van der Waals surface area contributed by atoms with Crippen LogP contribution in [-0.4, -0.2) is 25.9 Å². The summed E-state index contributed by atoms with van der Waals surface area (Å²) in [7, 11) is -3.66. The van der Waals surface area contributed by atoms with Crippen molar-refractivity contribution in [2.75, 3.05) is 6.54 Å². The molecule has 1 atom stereocenters. The molecule has 0 aliphatic heterocycles. The smallest absolute Gasteiger partial charge is 0.252 e. The lowest BCUT2D eigenvalue weighted by molar-refractivity contribution is 0.0953. The predicted octanol–water partition coefficient (Wildman–Crippen LogP) is 3.70. The second-order valence-corrected chi connectivity index (χ2v) is 9.36. The molecule has 1 N–H and O–H groups in total. The first kappa shape index (κ1) is 19.3. The topological polar surface area (TPSA) is 76.1 Å². The third-order valence-corrected chi connectivity index (χ3v) is 7.63. The summed E-state index contributed by atoms with van der Waals surface area (Å²) >= 11 is 1.36. The van der Waals surface area contributed by atoms with E-state index in [0.29, 0.717) is 10.4 Å². The molecule has 3 rings (SSSR count). The maximum atomic E-state index is 13.3. The van der Waals surface area contributed by atoms with Gasteiger partial charge in [-0.3, -0.25) is 9.78 Å². The van der Waals surface area contributed by atoms with E-state index in [2.05, 4.69) is 10.3 Å². The van der Waals surface area contributed by atoms with Gasteiger partial charge in [-0.05, 0) is 60.7 Å². The number of nitrogens with one attached hydrogen (secondary N) is 1. The largest absolute Gasteiger partial charge is 0.350 e. The Morgan fingerprint density at radius 1 is 1.15 bits per heavy atom. The number of aryl methyl sites for hydroxylation is 2. The molecule has 0 bridgehead atoms. The minimum Gasteiger partial charge on any atom is -0.350 e. The van der Waals surface area contributed by atoms with Crippen molar-refractivity contribution >= 4 is 27.1 Å². The normalized spacial score (nSPS) is 12.5. The van der Waals surface area contributed by atoms with Gasteiger partial charge in [0.15, 0.2) is 9.84 Å². The van der Waals surface area contributed by atoms with Crippen molar-refractivity contribution in [3.8, 4) is 0 Å². The maximum Gasteiger partial charge on any atom is 0.252 e. The Morgan fingerprint density at radius 3 is 2.59 bits per heavy atom. The number of hydrogen-bond acceptors (Lipinski definition) is 5. The summed E-state index contributed by atoms with van der Waals surface area (Å²) in [6.45, 7) is 3.82. The van der Waals surface area contributed by atoms with Gasteiger partial charge < -0.3 is 5.32 Å². The molecule has 140 valence electrons. The molecule has 3 aromatic rings. The Bertz CT molecular complexity index is 1030. The van der Waals surface area contributed by atoms with Crippen molar-refractivity contribution in [2.24, 2.45) is 0 Å². The highest BCUT2D eigenvalue weighted by atomic mass is 32.2. The fraction of sp³-hybridized carbons (Fsp3) is 0.200. The molecule has 0 spiro atoms. The van der Waals surface area contributed by atoms with E-state index in [0.717, 1.165) is 11.1 Å². The van der Waals surface area contributed by atoms with Crippen LogP contribution in [0.1, 0.15) is 31.6 Å². The number of sulfone groups is 1. The minimum absolute atomic E-state index is 0.0104. The molecule has 0 saturated carbocycles. The van der Waals surface area contributed by atoms with Crippen LogP contribution in [0.25, 0.3) is 0 Å². The van der Waals surface area contributed by atoms with Crippen LogP contribution in [0.15, 0.2) is 65.1 Å². The lowest BCUT2D eigenvalue weighted by Crippen LogP contribution is -2.31. The molecule has 0 fully saturated rings. The number of amides is 1. The number of rotatable bonds is 6. The number of carbonyl (C=O) groups is 1. The molecule has 1 aromatic carbocycles. The van der Waals surface area contributed by atoms with Crippen molar-refractivity contribution in [1.82, 2.24) is 10.3 Å². The second kappa shape index (κ2) is 8.02. The van der Waals surface area contributed by atoms with E-state index < -0.39 is 15.1 Å². The van der Waals surface area contributed by atoms with Crippen molar-refractivity contribution in [1.29, 1.82) is 0 Å². The van der Waals surface area contributed by atoms with E-state index in [-0.39, 0.29) is 17.3 Å². The summed E-state index contributed by atoms with van der Waals surface area (Å²) in [5.74, 6) is -0.347. The minimum atomic E-state index is -3.66. The van der Waals surface area contributed by atoms with Gasteiger partial charge in [-0.1, -0.05) is 12.1 Å². The number of nitrogens with zero attached hydrogens (tertiary/aromatic N) is 1. The van der Waals surface area contributed by atoms with Gasteiger partial charge in [0.2, 0.25) is 0 Å².